The number of aromatic amines is 1. The molecule has 0 amide bonds. The maximum Gasteiger partial charge on any atom is 0.321 e. The van der Waals surface area contributed by atoms with Gasteiger partial charge in [-0.15, -0.1) is 0 Å². The molecule has 1 aromatic heterocycles. The van der Waals surface area contributed by atoms with Crippen LogP contribution in [0.2, 0.25) is 0 Å². The third kappa shape index (κ3) is 8.29. The highest BCUT2D eigenvalue weighted by Gasteiger charge is 2.13. The number of carbonyl (C=O) groups is 3. The summed E-state index contributed by atoms with van der Waals surface area (Å²) in [6.45, 7) is 0. The van der Waals surface area contributed by atoms with Crippen LogP contribution < -0.4 is 11.5 Å². The quantitative estimate of drug-likeness (QED) is 0.283. The van der Waals surface area contributed by atoms with Crippen molar-refractivity contribution in [1.82, 2.24) is 4.98 Å². The van der Waals surface area contributed by atoms with E-state index in [1.54, 1.807) is 24.3 Å². The molecule has 0 saturated carbocycles. The molecule has 0 spiro atoms. The van der Waals surface area contributed by atoms with Crippen molar-refractivity contribution in [1.29, 1.82) is 0 Å². The Morgan fingerprint density at radius 3 is 2.25 bits per heavy atom. The minimum Gasteiger partial charge on any atom is -0.508 e. The third-order valence-electron chi connectivity index (χ3n) is 3.51. The molecular weight excluding hydrogens is 390 g/mol. The second kappa shape index (κ2) is 11.2. The fourth-order valence-electron chi connectivity index (χ4n) is 2.05. The summed E-state index contributed by atoms with van der Waals surface area (Å²) in [5.41, 5.74) is 11.9. The van der Waals surface area contributed by atoms with E-state index in [4.69, 9.17) is 26.8 Å². The first-order valence-corrected chi connectivity index (χ1v) is 9.32. The first-order valence-electron chi connectivity index (χ1n) is 8.17. The largest absolute Gasteiger partial charge is 0.508 e. The second-order valence-electron chi connectivity index (χ2n) is 5.89. The number of nitrogens with one attached hydrogen (secondary N) is 1. The van der Waals surface area contributed by atoms with E-state index in [-0.39, 0.29) is 17.9 Å². The highest BCUT2D eigenvalue weighted by Crippen LogP contribution is 2.20. The van der Waals surface area contributed by atoms with Gasteiger partial charge in [0.2, 0.25) is 0 Å². The van der Waals surface area contributed by atoms with Crippen molar-refractivity contribution in [3.8, 4) is 5.75 Å². The van der Waals surface area contributed by atoms with Gasteiger partial charge < -0.3 is 36.9 Å². The maximum atomic E-state index is 10.4. The number of phenolic OH excluding ortho intramolecular Hbond substituents is 1. The van der Waals surface area contributed by atoms with Gasteiger partial charge in [0, 0.05) is 22.3 Å². The predicted molar refractivity (Wildman–Crippen MR) is 104 cm³/mol. The minimum atomic E-state index is -1.06. The molecule has 1 heterocycles. The lowest BCUT2D eigenvalue weighted by Gasteiger charge is -2.07. The third-order valence-corrected chi connectivity index (χ3v) is 4.63. The number of hydrogen-bond acceptors (Lipinski definition) is 7. The van der Waals surface area contributed by atoms with Gasteiger partial charge in [0.05, 0.1) is 6.42 Å². The fraction of sp³-hybridized carbons (Fsp3) is 0.353. The predicted octanol–water partition coefficient (Wildman–Crippen LogP) is 0.434. The van der Waals surface area contributed by atoms with Crippen molar-refractivity contribution < 1.29 is 34.8 Å². The van der Waals surface area contributed by atoms with Gasteiger partial charge in [0.1, 0.15) is 17.8 Å². The number of carboxylic acid groups (broad SMARTS) is 3. The molecule has 0 aliphatic carbocycles. The number of aliphatic carboxylic acids is 3. The molecular formula is C17H23N3O7S. The van der Waals surface area contributed by atoms with Crippen LogP contribution in [0.3, 0.4) is 0 Å². The van der Waals surface area contributed by atoms with E-state index < -0.39 is 30.0 Å². The molecule has 154 valence electrons. The Hall–Kier alpha value is -2.76. The molecule has 0 fully saturated rings. The van der Waals surface area contributed by atoms with Crippen LogP contribution in [0, 0.1) is 0 Å². The van der Waals surface area contributed by atoms with E-state index in [0.717, 1.165) is 10.9 Å². The number of fused-ring (bicyclic) bond motifs is 1. The van der Waals surface area contributed by atoms with Crippen molar-refractivity contribution in [2.24, 2.45) is 11.5 Å². The maximum absolute atomic E-state index is 10.4. The van der Waals surface area contributed by atoms with E-state index in [1.165, 1.54) is 11.8 Å². The van der Waals surface area contributed by atoms with Gasteiger partial charge in [-0.2, -0.15) is 11.8 Å². The number of H-pyrrole nitrogens is 1. The topological polar surface area (TPSA) is 200 Å². The zero-order valence-corrected chi connectivity index (χ0v) is 15.7. The number of aromatic nitrogens is 1. The highest BCUT2D eigenvalue weighted by molar-refractivity contribution is 7.99. The van der Waals surface area contributed by atoms with Crippen LogP contribution in [-0.2, 0) is 20.8 Å². The number of phenols is 1. The zero-order chi connectivity index (χ0) is 21.3. The molecule has 2 aromatic rings. The molecule has 0 aliphatic heterocycles. The number of benzene rings is 1. The van der Waals surface area contributed by atoms with Crippen molar-refractivity contribution >= 4 is 40.6 Å². The van der Waals surface area contributed by atoms with Crippen LogP contribution in [0.15, 0.2) is 24.3 Å². The Balaban J connectivity index is 0.000000280. The lowest BCUT2D eigenvalue weighted by molar-refractivity contribution is -0.139. The number of rotatable bonds is 9. The number of aromatic hydroxyl groups is 1. The SMILES string of the molecule is NC(CSCC[C@H](N)C(=O)O)C(=O)O.O=C(O)Cc1cc2cc(O)ccc2[nH]1. The smallest absolute Gasteiger partial charge is 0.321 e. The van der Waals surface area contributed by atoms with Gasteiger partial charge in [-0.25, -0.2) is 0 Å². The van der Waals surface area contributed by atoms with E-state index in [9.17, 15) is 19.5 Å². The molecule has 0 radical (unpaired) electrons. The molecule has 0 aliphatic rings. The average Bonchev–Trinajstić information content (AvgIpc) is 2.98. The Morgan fingerprint density at radius 2 is 1.68 bits per heavy atom. The van der Waals surface area contributed by atoms with Gasteiger partial charge in [-0.05, 0) is 36.4 Å². The van der Waals surface area contributed by atoms with Crippen LogP contribution >= 0.6 is 11.8 Å². The standard InChI is InChI=1S/C10H9NO3.C7H14N2O4S/c12-8-1-2-9-6(4-8)3-7(11-9)5-10(13)14;8-4(6(10)11)1-2-14-3-5(9)7(12)13/h1-4,11-12H,5H2,(H,13,14);4-5H,1-3,8-9H2,(H,10,11)(H,12,13)/t;4-,5?/m.0/s1. The van der Waals surface area contributed by atoms with Crippen LogP contribution in [0.25, 0.3) is 10.9 Å². The Kier molecular flexibility index (Phi) is 9.28. The van der Waals surface area contributed by atoms with Crippen molar-refractivity contribution in [2.45, 2.75) is 24.9 Å². The van der Waals surface area contributed by atoms with Crippen molar-refractivity contribution in [3.05, 3.63) is 30.0 Å². The summed E-state index contributed by atoms with van der Waals surface area (Å²) >= 11 is 1.29. The molecule has 10 nitrogen and oxygen atoms in total. The summed E-state index contributed by atoms with van der Waals surface area (Å²) in [5, 5.41) is 35.4. The Morgan fingerprint density at radius 1 is 1.04 bits per heavy atom. The number of nitrogens with two attached hydrogens (primary N) is 2. The average molecular weight is 413 g/mol. The molecule has 11 heteroatoms. The van der Waals surface area contributed by atoms with Gasteiger partial charge in [-0.1, -0.05) is 0 Å². The molecule has 9 N–H and O–H groups in total. The van der Waals surface area contributed by atoms with Gasteiger partial charge in [0.15, 0.2) is 0 Å². The molecule has 0 saturated heterocycles. The van der Waals surface area contributed by atoms with E-state index in [0.29, 0.717) is 17.9 Å². The summed E-state index contributed by atoms with van der Waals surface area (Å²) in [7, 11) is 0. The van der Waals surface area contributed by atoms with E-state index in [1.807, 2.05) is 0 Å². The number of hydrogen-bond donors (Lipinski definition) is 7. The van der Waals surface area contributed by atoms with Crippen molar-refractivity contribution in [3.63, 3.8) is 0 Å². The van der Waals surface area contributed by atoms with Crippen molar-refractivity contribution in [2.75, 3.05) is 11.5 Å². The number of thioether (sulfide) groups is 1. The van der Waals surface area contributed by atoms with Gasteiger partial charge in [0.25, 0.3) is 0 Å². The number of carboxylic acids is 3. The first-order chi connectivity index (χ1) is 13.1. The molecule has 1 unspecified atom stereocenters. The summed E-state index contributed by atoms with van der Waals surface area (Å²) in [6, 6.07) is 4.81. The summed E-state index contributed by atoms with van der Waals surface area (Å²) in [4.78, 5) is 34.0. The lowest BCUT2D eigenvalue weighted by Crippen LogP contribution is -2.33. The van der Waals surface area contributed by atoms with Crippen LogP contribution in [-0.4, -0.2) is 66.9 Å². The molecule has 2 atom stereocenters. The summed E-state index contributed by atoms with van der Waals surface area (Å²) in [6.07, 6.45) is 0.280. The van der Waals surface area contributed by atoms with Gasteiger partial charge in [-0.3, -0.25) is 14.4 Å². The normalized spacial score (nSPS) is 12.6. The lowest BCUT2D eigenvalue weighted by atomic mass is 10.2. The van der Waals surface area contributed by atoms with Crippen LogP contribution in [0.4, 0.5) is 0 Å². The monoisotopic (exact) mass is 413 g/mol. The molecule has 28 heavy (non-hydrogen) atoms. The Labute approximate surface area is 164 Å². The second-order valence-corrected chi connectivity index (χ2v) is 7.04. The first kappa shape index (κ1) is 23.3. The van der Waals surface area contributed by atoms with E-state index in [2.05, 4.69) is 4.98 Å². The molecule has 2 rings (SSSR count). The highest BCUT2D eigenvalue weighted by atomic mass is 32.2. The summed E-state index contributed by atoms with van der Waals surface area (Å²) < 4.78 is 0. The fourth-order valence-corrected chi connectivity index (χ4v) is 3.04. The van der Waals surface area contributed by atoms with Crippen LogP contribution in [0.5, 0.6) is 5.75 Å². The van der Waals surface area contributed by atoms with Crippen LogP contribution in [0.1, 0.15) is 12.1 Å². The van der Waals surface area contributed by atoms with Gasteiger partial charge >= 0.3 is 17.9 Å². The molecule has 0 bridgehead atoms. The van der Waals surface area contributed by atoms with E-state index >= 15 is 0 Å². The molecule has 1 aromatic carbocycles. The minimum absolute atomic E-state index is 0.0323. The Bertz CT molecular complexity index is 802. The zero-order valence-electron chi connectivity index (χ0n) is 14.9. The summed E-state index contributed by atoms with van der Waals surface area (Å²) in [5.74, 6) is -2.04.